The minimum Gasteiger partial charge on any atom is -0.385 e. The second-order valence-electron chi connectivity index (χ2n) is 7.32. The van der Waals surface area contributed by atoms with E-state index in [1.807, 2.05) is 17.8 Å². The summed E-state index contributed by atoms with van der Waals surface area (Å²) in [5.41, 5.74) is 2.84. The van der Waals surface area contributed by atoms with Gasteiger partial charge < -0.3 is 10.6 Å². The Bertz CT molecular complexity index is 838. The van der Waals surface area contributed by atoms with Crippen molar-refractivity contribution in [1.29, 1.82) is 0 Å². The Hall–Kier alpha value is -2.41. The number of piperidine rings is 2. The van der Waals surface area contributed by atoms with Crippen LogP contribution in [0.1, 0.15) is 37.3 Å². The van der Waals surface area contributed by atoms with E-state index < -0.39 is 0 Å². The van der Waals surface area contributed by atoms with Crippen molar-refractivity contribution in [1.82, 2.24) is 20.4 Å². The van der Waals surface area contributed by atoms with E-state index in [-0.39, 0.29) is 17.7 Å². The SMILES string of the molecule is Cn1nc(C2CCC(=O)NC2=O)c2ccc(NCC3CCNCC3)cc21. The van der Waals surface area contributed by atoms with Crippen molar-refractivity contribution < 1.29 is 9.59 Å². The minimum atomic E-state index is -0.357. The van der Waals surface area contributed by atoms with E-state index in [4.69, 9.17) is 0 Å². The molecule has 4 rings (SSSR count). The molecule has 1 aromatic heterocycles. The Morgan fingerprint density at radius 3 is 2.81 bits per heavy atom. The highest BCUT2D eigenvalue weighted by Crippen LogP contribution is 2.31. The van der Waals surface area contributed by atoms with E-state index in [9.17, 15) is 9.59 Å². The number of anilines is 1. The van der Waals surface area contributed by atoms with Gasteiger partial charge in [-0.2, -0.15) is 5.10 Å². The topological polar surface area (TPSA) is 88.0 Å². The highest BCUT2D eigenvalue weighted by atomic mass is 16.2. The summed E-state index contributed by atoms with van der Waals surface area (Å²) in [4.78, 5) is 23.6. The first-order chi connectivity index (χ1) is 12.6. The van der Waals surface area contributed by atoms with Crippen LogP contribution >= 0.6 is 0 Å². The zero-order chi connectivity index (χ0) is 18.1. The molecule has 0 spiro atoms. The van der Waals surface area contributed by atoms with Crippen LogP contribution in [0.4, 0.5) is 5.69 Å². The Kier molecular flexibility index (Phi) is 4.63. The zero-order valence-corrected chi connectivity index (χ0v) is 15.0. The number of hydrogen-bond donors (Lipinski definition) is 3. The molecule has 1 aromatic carbocycles. The maximum Gasteiger partial charge on any atom is 0.235 e. The second kappa shape index (κ2) is 7.07. The number of amides is 2. The van der Waals surface area contributed by atoms with Crippen molar-refractivity contribution in [2.24, 2.45) is 13.0 Å². The average Bonchev–Trinajstić information content (AvgIpc) is 2.97. The number of nitrogens with zero attached hydrogens (tertiary/aromatic N) is 2. The van der Waals surface area contributed by atoms with Gasteiger partial charge >= 0.3 is 0 Å². The molecule has 2 aliphatic heterocycles. The smallest absolute Gasteiger partial charge is 0.235 e. The largest absolute Gasteiger partial charge is 0.385 e. The van der Waals surface area contributed by atoms with E-state index in [0.717, 1.165) is 41.9 Å². The fraction of sp³-hybridized carbons (Fsp3) is 0.526. The predicted molar refractivity (Wildman–Crippen MR) is 99.9 cm³/mol. The van der Waals surface area contributed by atoms with Gasteiger partial charge in [0.15, 0.2) is 0 Å². The van der Waals surface area contributed by atoms with Crippen molar-refractivity contribution in [3.63, 3.8) is 0 Å². The van der Waals surface area contributed by atoms with Gasteiger partial charge in [0, 0.05) is 31.1 Å². The summed E-state index contributed by atoms with van der Waals surface area (Å²) < 4.78 is 1.82. The fourth-order valence-corrected chi connectivity index (χ4v) is 3.96. The highest BCUT2D eigenvalue weighted by molar-refractivity contribution is 6.02. The van der Waals surface area contributed by atoms with Gasteiger partial charge in [-0.15, -0.1) is 0 Å². The summed E-state index contributed by atoms with van der Waals surface area (Å²) in [5, 5.41) is 14.9. The lowest BCUT2D eigenvalue weighted by atomic mass is 9.93. The van der Waals surface area contributed by atoms with E-state index in [2.05, 4.69) is 33.2 Å². The van der Waals surface area contributed by atoms with Gasteiger partial charge in [-0.3, -0.25) is 19.6 Å². The molecule has 2 aromatic rings. The van der Waals surface area contributed by atoms with Gasteiger partial charge in [0.2, 0.25) is 11.8 Å². The molecule has 2 saturated heterocycles. The lowest BCUT2D eigenvalue weighted by Gasteiger charge is -2.23. The molecule has 2 aliphatic rings. The summed E-state index contributed by atoms with van der Waals surface area (Å²) in [5.74, 6) is -0.0901. The summed E-state index contributed by atoms with van der Waals surface area (Å²) in [7, 11) is 1.90. The number of imide groups is 1. The molecule has 0 saturated carbocycles. The van der Waals surface area contributed by atoms with Gasteiger partial charge in [0.05, 0.1) is 17.1 Å². The van der Waals surface area contributed by atoms with E-state index in [1.165, 1.54) is 12.8 Å². The number of hydrogen-bond acceptors (Lipinski definition) is 5. The van der Waals surface area contributed by atoms with Gasteiger partial charge in [-0.25, -0.2) is 0 Å². The number of rotatable bonds is 4. The summed E-state index contributed by atoms with van der Waals surface area (Å²) in [6.45, 7) is 3.18. The molecule has 2 amide bonds. The van der Waals surface area contributed by atoms with E-state index in [0.29, 0.717) is 18.8 Å². The molecule has 1 atom stereocenters. The number of benzene rings is 1. The third kappa shape index (κ3) is 3.31. The molecule has 1 unspecified atom stereocenters. The van der Waals surface area contributed by atoms with Crippen molar-refractivity contribution in [3.8, 4) is 0 Å². The first-order valence-corrected chi connectivity index (χ1v) is 9.37. The Labute approximate surface area is 152 Å². The van der Waals surface area contributed by atoms with Crippen molar-refractivity contribution in [2.75, 3.05) is 25.0 Å². The Morgan fingerprint density at radius 2 is 2.04 bits per heavy atom. The molecule has 7 heteroatoms. The first kappa shape index (κ1) is 17.0. The number of nitrogens with one attached hydrogen (secondary N) is 3. The third-order valence-electron chi connectivity index (χ3n) is 5.50. The molecule has 138 valence electrons. The number of fused-ring (bicyclic) bond motifs is 1. The van der Waals surface area contributed by atoms with Crippen molar-refractivity contribution in [2.45, 2.75) is 31.6 Å². The standard InChI is InChI=1S/C19H25N5O2/c1-24-16-10-13(21-11-12-6-8-20-9-7-12)2-3-14(16)18(23-24)15-4-5-17(25)22-19(15)26/h2-3,10,12,15,20-21H,4-9,11H2,1H3,(H,22,25,26). The molecule has 2 fully saturated rings. The van der Waals surface area contributed by atoms with Crippen LogP contribution in [0.3, 0.4) is 0 Å². The van der Waals surface area contributed by atoms with Gasteiger partial charge in [-0.1, -0.05) is 0 Å². The average molecular weight is 355 g/mol. The number of aromatic nitrogens is 2. The highest BCUT2D eigenvalue weighted by Gasteiger charge is 2.31. The van der Waals surface area contributed by atoms with Crippen LogP contribution in [0, 0.1) is 5.92 Å². The number of aryl methyl sites for hydroxylation is 1. The third-order valence-corrected chi connectivity index (χ3v) is 5.50. The van der Waals surface area contributed by atoms with Crippen LogP contribution in [-0.4, -0.2) is 41.2 Å². The molecule has 0 bridgehead atoms. The quantitative estimate of drug-likeness (QED) is 0.724. The van der Waals surface area contributed by atoms with Crippen molar-refractivity contribution in [3.05, 3.63) is 23.9 Å². The fourth-order valence-electron chi connectivity index (χ4n) is 3.96. The van der Waals surface area contributed by atoms with Crippen LogP contribution in [0.2, 0.25) is 0 Å². The van der Waals surface area contributed by atoms with Gasteiger partial charge in [-0.05, 0) is 56.5 Å². The Balaban J connectivity index is 1.54. The van der Waals surface area contributed by atoms with Crippen LogP contribution < -0.4 is 16.0 Å². The summed E-state index contributed by atoms with van der Waals surface area (Å²) in [6.07, 6.45) is 3.30. The molecular formula is C19H25N5O2. The molecule has 0 radical (unpaired) electrons. The monoisotopic (exact) mass is 355 g/mol. The van der Waals surface area contributed by atoms with Gasteiger partial charge in [0.1, 0.15) is 0 Å². The van der Waals surface area contributed by atoms with Gasteiger partial charge in [0.25, 0.3) is 0 Å². The van der Waals surface area contributed by atoms with Crippen LogP contribution in [0.15, 0.2) is 18.2 Å². The van der Waals surface area contributed by atoms with Crippen molar-refractivity contribution >= 4 is 28.4 Å². The molecule has 3 heterocycles. The van der Waals surface area contributed by atoms with Crippen LogP contribution in [-0.2, 0) is 16.6 Å². The molecule has 7 nitrogen and oxygen atoms in total. The minimum absolute atomic E-state index is 0.198. The lowest BCUT2D eigenvalue weighted by Crippen LogP contribution is -2.39. The molecule has 0 aliphatic carbocycles. The molecule has 26 heavy (non-hydrogen) atoms. The summed E-state index contributed by atoms with van der Waals surface area (Å²) in [6, 6.07) is 6.19. The molecule has 3 N–H and O–H groups in total. The molecular weight excluding hydrogens is 330 g/mol. The normalized spacial score (nSPS) is 21.8. The van der Waals surface area contributed by atoms with E-state index in [1.54, 1.807) is 0 Å². The predicted octanol–water partition coefficient (Wildman–Crippen LogP) is 1.50. The maximum absolute atomic E-state index is 12.2. The second-order valence-corrected chi connectivity index (χ2v) is 7.32. The number of carbonyl (C=O) groups excluding carboxylic acids is 2. The number of carbonyl (C=O) groups is 2. The first-order valence-electron chi connectivity index (χ1n) is 9.37. The zero-order valence-electron chi connectivity index (χ0n) is 15.0. The van der Waals surface area contributed by atoms with Crippen LogP contribution in [0.5, 0.6) is 0 Å². The lowest BCUT2D eigenvalue weighted by molar-refractivity contribution is -0.134. The summed E-state index contributed by atoms with van der Waals surface area (Å²) >= 11 is 0. The Morgan fingerprint density at radius 1 is 1.23 bits per heavy atom. The van der Waals surface area contributed by atoms with Crippen LogP contribution in [0.25, 0.3) is 10.9 Å². The maximum atomic E-state index is 12.2. The van der Waals surface area contributed by atoms with E-state index >= 15 is 0 Å².